The standard InChI is InChI=1S/C16H17N5O3/c1-15(13(22)19-14(23)20-15)10-5-3-9(4-6-10)11-18-12(21-24-11)16(17)7-2-8-16/h3-6H,2,7-8,17H2,1H3,(H2,19,20,22,23). The van der Waals surface area contributed by atoms with Gasteiger partial charge in [-0.15, -0.1) is 0 Å². The smallest absolute Gasteiger partial charge is 0.322 e. The van der Waals surface area contributed by atoms with Crippen LogP contribution in [0.3, 0.4) is 0 Å². The summed E-state index contributed by atoms with van der Waals surface area (Å²) < 4.78 is 5.31. The van der Waals surface area contributed by atoms with E-state index < -0.39 is 17.1 Å². The van der Waals surface area contributed by atoms with Gasteiger partial charge in [0.25, 0.3) is 11.8 Å². The van der Waals surface area contributed by atoms with Crippen molar-refractivity contribution in [2.75, 3.05) is 0 Å². The van der Waals surface area contributed by atoms with Gasteiger partial charge in [0.05, 0.1) is 5.54 Å². The molecular formula is C16H17N5O3. The number of hydrogen-bond donors (Lipinski definition) is 3. The predicted molar refractivity (Wildman–Crippen MR) is 83.5 cm³/mol. The van der Waals surface area contributed by atoms with Crippen LogP contribution in [0.4, 0.5) is 4.79 Å². The Morgan fingerprint density at radius 3 is 2.46 bits per heavy atom. The summed E-state index contributed by atoms with van der Waals surface area (Å²) in [5.41, 5.74) is 6.05. The van der Waals surface area contributed by atoms with Crippen molar-refractivity contribution < 1.29 is 14.1 Å². The van der Waals surface area contributed by atoms with E-state index in [1.54, 1.807) is 31.2 Å². The summed E-state index contributed by atoms with van der Waals surface area (Å²) in [6, 6.07) is 6.57. The molecule has 1 saturated heterocycles. The summed E-state index contributed by atoms with van der Waals surface area (Å²) in [4.78, 5) is 27.7. The van der Waals surface area contributed by atoms with Crippen molar-refractivity contribution in [3.8, 4) is 11.5 Å². The summed E-state index contributed by atoms with van der Waals surface area (Å²) in [6.45, 7) is 1.65. The number of benzene rings is 1. The van der Waals surface area contributed by atoms with E-state index in [2.05, 4.69) is 20.8 Å². The van der Waals surface area contributed by atoms with Gasteiger partial charge in [-0.05, 0) is 43.9 Å². The number of nitrogens with zero attached hydrogens (tertiary/aromatic N) is 2. The molecule has 1 aromatic carbocycles. The van der Waals surface area contributed by atoms with Crippen LogP contribution in [0.5, 0.6) is 0 Å². The van der Waals surface area contributed by atoms with Crippen LogP contribution in [0.2, 0.25) is 0 Å². The molecule has 2 aliphatic rings. The molecule has 0 radical (unpaired) electrons. The van der Waals surface area contributed by atoms with Gasteiger partial charge in [0.1, 0.15) is 5.54 Å². The van der Waals surface area contributed by atoms with Crippen LogP contribution >= 0.6 is 0 Å². The van der Waals surface area contributed by atoms with Gasteiger partial charge < -0.3 is 15.6 Å². The average Bonchev–Trinajstić information content (AvgIpc) is 3.11. The molecule has 1 aromatic heterocycles. The van der Waals surface area contributed by atoms with E-state index in [1.165, 1.54) is 0 Å². The average molecular weight is 327 g/mol. The summed E-state index contributed by atoms with van der Waals surface area (Å²) in [5, 5.41) is 8.86. The van der Waals surface area contributed by atoms with Crippen molar-refractivity contribution in [1.29, 1.82) is 0 Å². The van der Waals surface area contributed by atoms with Gasteiger partial charge in [-0.25, -0.2) is 4.79 Å². The van der Waals surface area contributed by atoms with Crippen LogP contribution in [0.1, 0.15) is 37.6 Å². The van der Waals surface area contributed by atoms with Crippen LogP contribution in [0.15, 0.2) is 28.8 Å². The molecule has 1 saturated carbocycles. The summed E-state index contributed by atoms with van der Waals surface area (Å²) in [6.07, 6.45) is 2.79. The van der Waals surface area contributed by atoms with E-state index in [0.717, 1.165) is 24.8 Å². The number of nitrogens with one attached hydrogen (secondary N) is 2. The van der Waals surface area contributed by atoms with Gasteiger partial charge in [-0.1, -0.05) is 17.3 Å². The Morgan fingerprint density at radius 2 is 1.92 bits per heavy atom. The third-order valence-corrected chi connectivity index (χ3v) is 4.87. The van der Waals surface area contributed by atoms with E-state index in [1.807, 2.05) is 0 Å². The molecule has 24 heavy (non-hydrogen) atoms. The summed E-state index contributed by atoms with van der Waals surface area (Å²) in [5.74, 6) is 0.538. The van der Waals surface area contributed by atoms with E-state index in [9.17, 15) is 9.59 Å². The number of hydrogen-bond acceptors (Lipinski definition) is 6. The molecular weight excluding hydrogens is 310 g/mol. The zero-order valence-electron chi connectivity index (χ0n) is 13.1. The Labute approximate surface area is 137 Å². The molecule has 1 unspecified atom stereocenters. The summed E-state index contributed by atoms with van der Waals surface area (Å²) in [7, 11) is 0. The van der Waals surface area contributed by atoms with Crippen LogP contribution in [-0.2, 0) is 15.9 Å². The minimum absolute atomic E-state index is 0.379. The molecule has 2 heterocycles. The molecule has 4 rings (SSSR count). The van der Waals surface area contributed by atoms with Gasteiger partial charge in [-0.2, -0.15) is 4.98 Å². The highest BCUT2D eigenvalue weighted by Crippen LogP contribution is 2.37. The molecule has 3 amide bonds. The lowest BCUT2D eigenvalue weighted by Crippen LogP contribution is -2.44. The lowest BCUT2D eigenvalue weighted by Gasteiger charge is -2.34. The number of aromatic nitrogens is 2. The first-order chi connectivity index (χ1) is 11.4. The topological polar surface area (TPSA) is 123 Å². The van der Waals surface area contributed by atoms with Crippen LogP contribution in [0.25, 0.3) is 11.5 Å². The maximum Gasteiger partial charge on any atom is 0.322 e. The van der Waals surface area contributed by atoms with E-state index in [4.69, 9.17) is 10.3 Å². The highest BCUT2D eigenvalue weighted by atomic mass is 16.5. The van der Waals surface area contributed by atoms with Gasteiger partial charge in [0, 0.05) is 5.56 Å². The first-order valence-corrected chi connectivity index (χ1v) is 7.78. The monoisotopic (exact) mass is 327 g/mol. The first-order valence-electron chi connectivity index (χ1n) is 7.78. The van der Waals surface area contributed by atoms with E-state index >= 15 is 0 Å². The van der Waals surface area contributed by atoms with Gasteiger partial charge >= 0.3 is 6.03 Å². The molecule has 0 spiro atoms. The SMILES string of the molecule is CC1(c2ccc(-c3nc(C4(N)CCC4)no3)cc2)NC(=O)NC1=O. The Bertz CT molecular complexity index is 824. The molecule has 4 N–H and O–H groups in total. The Morgan fingerprint density at radius 1 is 1.21 bits per heavy atom. The Balaban J connectivity index is 1.60. The fourth-order valence-electron chi connectivity index (χ4n) is 3.02. The van der Waals surface area contributed by atoms with Crippen LogP contribution in [0, 0.1) is 0 Å². The third kappa shape index (κ3) is 2.10. The first kappa shape index (κ1) is 14.8. The number of imide groups is 1. The predicted octanol–water partition coefficient (Wildman–Crippen LogP) is 1.13. The molecule has 2 fully saturated rings. The maximum atomic E-state index is 12.0. The fourth-order valence-corrected chi connectivity index (χ4v) is 3.02. The fraction of sp³-hybridized carbons (Fsp3) is 0.375. The second kappa shape index (κ2) is 4.88. The molecule has 1 aliphatic heterocycles. The van der Waals surface area contributed by atoms with Crippen LogP contribution in [-0.4, -0.2) is 22.1 Å². The number of carbonyl (C=O) groups excluding carboxylic acids is 2. The maximum absolute atomic E-state index is 12.0. The van der Waals surface area contributed by atoms with E-state index in [0.29, 0.717) is 17.3 Å². The van der Waals surface area contributed by atoms with Crippen molar-refractivity contribution in [3.05, 3.63) is 35.7 Å². The van der Waals surface area contributed by atoms with Gasteiger partial charge in [-0.3, -0.25) is 10.1 Å². The Hall–Kier alpha value is -2.74. The highest BCUT2D eigenvalue weighted by Gasteiger charge is 2.43. The highest BCUT2D eigenvalue weighted by molar-refractivity contribution is 6.07. The van der Waals surface area contributed by atoms with Gasteiger partial charge in [0.2, 0.25) is 0 Å². The molecule has 8 heteroatoms. The van der Waals surface area contributed by atoms with Crippen molar-refractivity contribution in [2.24, 2.45) is 5.73 Å². The number of nitrogens with two attached hydrogens (primary N) is 1. The number of rotatable bonds is 3. The lowest BCUT2D eigenvalue weighted by molar-refractivity contribution is -0.123. The second-order valence-corrected chi connectivity index (χ2v) is 6.54. The molecule has 124 valence electrons. The number of carbonyl (C=O) groups is 2. The van der Waals surface area contributed by atoms with Crippen molar-refractivity contribution in [3.63, 3.8) is 0 Å². The molecule has 1 atom stereocenters. The minimum atomic E-state index is -1.08. The zero-order chi connectivity index (χ0) is 16.9. The molecule has 8 nitrogen and oxygen atoms in total. The molecule has 2 aromatic rings. The molecule has 0 bridgehead atoms. The zero-order valence-corrected chi connectivity index (χ0v) is 13.1. The summed E-state index contributed by atoms with van der Waals surface area (Å²) >= 11 is 0. The minimum Gasteiger partial charge on any atom is -0.334 e. The van der Waals surface area contributed by atoms with Crippen LogP contribution < -0.4 is 16.4 Å². The largest absolute Gasteiger partial charge is 0.334 e. The third-order valence-electron chi connectivity index (χ3n) is 4.87. The van der Waals surface area contributed by atoms with Gasteiger partial charge in [0.15, 0.2) is 5.82 Å². The van der Waals surface area contributed by atoms with Crippen molar-refractivity contribution >= 4 is 11.9 Å². The number of amides is 3. The molecule has 1 aliphatic carbocycles. The lowest BCUT2D eigenvalue weighted by atomic mass is 9.77. The van der Waals surface area contributed by atoms with Crippen molar-refractivity contribution in [2.45, 2.75) is 37.3 Å². The van der Waals surface area contributed by atoms with Crippen molar-refractivity contribution in [1.82, 2.24) is 20.8 Å². The van der Waals surface area contributed by atoms with E-state index in [-0.39, 0.29) is 5.91 Å². The number of urea groups is 1. The normalized spacial score (nSPS) is 25.1. The quantitative estimate of drug-likeness (QED) is 0.726. The second-order valence-electron chi connectivity index (χ2n) is 6.54. The Kier molecular flexibility index (Phi) is 3.01.